The summed E-state index contributed by atoms with van der Waals surface area (Å²) in [5, 5.41) is 21.3. The molecule has 6 heteroatoms. The molecule has 1 aliphatic rings. The molecule has 1 aromatic carbocycles. The van der Waals surface area contributed by atoms with Gasteiger partial charge in [0.05, 0.1) is 24.2 Å². The molecule has 6 nitrogen and oxygen atoms in total. The second-order valence-electron chi connectivity index (χ2n) is 6.22. The fourth-order valence-corrected chi connectivity index (χ4v) is 2.86. The molecule has 1 N–H and O–H groups in total. The number of rotatable bonds is 6. The Morgan fingerprint density at radius 3 is 2.95 bits per heavy atom. The highest BCUT2D eigenvalue weighted by molar-refractivity contribution is 5.35. The molecule has 2 rings (SSSR count). The van der Waals surface area contributed by atoms with Crippen LogP contribution in [-0.2, 0) is 4.74 Å². The number of nitro benzene ring substituents is 1. The van der Waals surface area contributed by atoms with Crippen LogP contribution in [0.25, 0.3) is 0 Å². The Morgan fingerprint density at radius 2 is 2.27 bits per heavy atom. The molecule has 2 atom stereocenters. The third-order valence-electron chi connectivity index (χ3n) is 3.97. The second-order valence-corrected chi connectivity index (χ2v) is 6.22. The molecule has 1 aliphatic heterocycles. The summed E-state index contributed by atoms with van der Waals surface area (Å²) in [4.78, 5) is 12.6. The van der Waals surface area contributed by atoms with Crippen molar-refractivity contribution in [1.29, 1.82) is 0 Å². The van der Waals surface area contributed by atoms with Gasteiger partial charge in [-0.25, -0.2) is 0 Å². The van der Waals surface area contributed by atoms with Crippen LogP contribution in [0.1, 0.15) is 31.9 Å². The summed E-state index contributed by atoms with van der Waals surface area (Å²) in [5.74, 6) is 0.559. The van der Waals surface area contributed by atoms with Crippen LogP contribution in [0.2, 0.25) is 0 Å². The lowest BCUT2D eigenvalue weighted by molar-refractivity contribution is -0.385. The van der Waals surface area contributed by atoms with Crippen LogP contribution in [0.3, 0.4) is 0 Å². The number of nitro groups is 1. The molecule has 0 saturated carbocycles. The summed E-state index contributed by atoms with van der Waals surface area (Å²) in [6.45, 7) is 6.94. The smallest absolute Gasteiger partial charge is 0.269 e. The van der Waals surface area contributed by atoms with Gasteiger partial charge in [-0.1, -0.05) is 26.0 Å². The quantitative estimate of drug-likeness (QED) is 0.645. The minimum Gasteiger partial charge on any atom is -0.387 e. The van der Waals surface area contributed by atoms with Gasteiger partial charge in [-0.05, 0) is 17.9 Å². The second kappa shape index (κ2) is 7.67. The van der Waals surface area contributed by atoms with Gasteiger partial charge in [0.25, 0.3) is 5.69 Å². The van der Waals surface area contributed by atoms with Gasteiger partial charge in [0.1, 0.15) is 0 Å². The Morgan fingerprint density at radius 1 is 1.50 bits per heavy atom. The van der Waals surface area contributed by atoms with Gasteiger partial charge in [-0.2, -0.15) is 0 Å². The lowest BCUT2D eigenvalue weighted by Gasteiger charge is -2.37. The van der Waals surface area contributed by atoms with Crippen molar-refractivity contribution in [3.8, 4) is 0 Å². The Kier molecular flexibility index (Phi) is 5.88. The van der Waals surface area contributed by atoms with E-state index in [4.69, 9.17) is 4.74 Å². The summed E-state index contributed by atoms with van der Waals surface area (Å²) >= 11 is 0. The highest BCUT2D eigenvalue weighted by Crippen LogP contribution is 2.23. The lowest BCUT2D eigenvalue weighted by atomic mass is 10.0. The minimum absolute atomic E-state index is 0.0113. The highest BCUT2D eigenvalue weighted by Gasteiger charge is 2.26. The average Bonchev–Trinajstić information content (AvgIpc) is 2.49. The maximum Gasteiger partial charge on any atom is 0.269 e. The number of ether oxygens (including phenoxy) is 1. The predicted octanol–water partition coefficient (Wildman–Crippen LogP) is 2.38. The number of benzene rings is 1. The minimum atomic E-state index is -0.729. The van der Waals surface area contributed by atoms with Crippen molar-refractivity contribution in [3.63, 3.8) is 0 Å². The van der Waals surface area contributed by atoms with E-state index in [1.165, 1.54) is 12.1 Å². The van der Waals surface area contributed by atoms with Gasteiger partial charge < -0.3 is 9.84 Å². The summed E-state index contributed by atoms with van der Waals surface area (Å²) in [6, 6.07) is 6.52. The predicted molar refractivity (Wildman–Crippen MR) is 83.7 cm³/mol. The van der Waals surface area contributed by atoms with Gasteiger partial charge >= 0.3 is 0 Å². The summed E-state index contributed by atoms with van der Waals surface area (Å²) in [5.41, 5.74) is 0.598. The molecule has 1 fully saturated rings. The van der Waals surface area contributed by atoms with E-state index >= 15 is 0 Å². The topological polar surface area (TPSA) is 75.8 Å². The number of aliphatic hydroxyl groups is 1. The van der Waals surface area contributed by atoms with Crippen molar-refractivity contribution in [2.45, 2.75) is 32.4 Å². The fourth-order valence-electron chi connectivity index (χ4n) is 2.86. The molecule has 1 heterocycles. The van der Waals surface area contributed by atoms with Crippen molar-refractivity contribution in [2.24, 2.45) is 5.92 Å². The SMILES string of the molecule is CC(C)CC1COCCN1CC(O)c1cccc([N+](=O)[O-])c1. The summed E-state index contributed by atoms with van der Waals surface area (Å²) < 4.78 is 5.54. The number of hydrogen-bond acceptors (Lipinski definition) is 5. The molecular formula is C16H24N2O4. The number of nitrogens with zero attached hydrogens (tertiary/aromatic N) is 2. The first-order valence-electron chi connectivity index (χ1n) is 7.71. The molecule has 0 aliphatic carbocycles. The summed E-state index contributed by atoms with van der Waals surface area (Å²) in [7, 11) is 0. The van der Waals surface area contributed by atoms with Crippen LogP contribution in [0, 0.1) is 16.0 Å². The monoisotopic (exact) mass is 308 g/mol. The first-order valence-corrected chi connectivity index (χ1v) is 7.71. The average molecular weight is 308 g/mol. The molecule has 122 valence electrons. The van der Waals surface area contributed by atoms with Crippen LogP contribution >= 0.6 is 0 Å². The van der Waals surface area contributed by atoms with Gasteiger partial charge in [-0.15, -0.1) is 0 Å². The van der Waals surface area contributed by atoms with E-state index in [2.05, 4.69) is 18.7 Å². The van der Waals surface area contributed by atoms with Crippen molar-refractivity contribution in [3.05, 3.63) is 39.9 Å². The highest BCUT2D eigenvalue weighted by atomic mass is 16.6. The number of aliphatic hydroxyl groups excluding tert-OH is 1. The Balaban J connectivity index is 2.04. The molecular weight excluding hydrogens is 284 g/mol. The van der Waals surface area contributed by atoms with E-state index in [0.29, 0.717) is 37.3 Å². The molecule has 0 aromatic heterocycles. The zero-order valence-electron chi connectivity index (χ0n) is 13.1. The van der Waals surface area contributed by atoms with E-state index in [1.54, 1.807) is 12.1 Å². The summed E-state index contributed by atoms with van der Waals surface area (Å²) in [6.07, 6.45) is 0.287. The zero-order chi connectivity index (χ0) is 16.1. The third-order valence-corrected chi connectivity index (χ3v) is 3.97. The van der Waals surface area contributed by atoms with E-state index in [0.717, 1.165) is 13.0 Å². The third kappa shape index (κ3) is 4.50. The van der Waals surface area contributed by atoms with E-state index in [9.17, 15) is 15.2 Å². The van der Waals surface area contributed by atoms with Crippen molar-refractivity contribution in [2.75, 3.05) is 26.3 Å². The van der Waals surface area contributed by atoms with Crippen LogP contribution in [0.5, 0.6) is 0 Å². The molecule has 1 saturated heterocycles. The van der Waals surface area contributed by atoms with E-state index < -0.39 is 11.0 Å². The standard InChI is InChI=1S/C16H24N2O4/c1-12(2)8-15-11-22-7-6-17(15)10-16(19)13-4-3-5-14(9-13)18(20)21/h3-5,9,12,15-16,19H,6-8,10-11H2,1-2H3. The van der Waals surface area contributed by atoms with Crippen molar-refractivity contribution >= 4 is 5.69 Å². The van der Waals surface area contributed by atoms with Gasteiger partial charge in [0.15, 0.2) is 0 Å². The Bertz CT molecular complexity index is 507. The number of non-ortho nitro benzene ring substituents is 1. The lowest BCUT2D eigenvalue weighted by Crippen LogP contribution is -2.47. The molecule has 1 aromatic rings. The van der Waals surface area contributed by atoms with Gasteiger partial charge in [-0.3, -0.25) is 15.0 Å². The molecule has 22 heavy (non-hydrogen) atoms. The van der Waals surface area contributed by atoms with Crippen LogP contribution < -0.4 is 0 Å². The van der Waals surface area contributed by atoms with Crippen molar-refractivity contribution in [1.82, 2.24) is 4.90 Å². The molecule has 2 unspecified atom stereocenters. The number of hydrogen-bond donors (Lipinski definition) is 1. The maximum absolute atomic E-state index is 10.8. The normalized spacial score (nSPS) is 21.0. The Labute approximate surface area is 130 Å². The van der Waals surface area contributed by atoms with E-state index in [1.807, 2.05) is 0 Å². The number of morpholine rings is 1. The maximum atomic E-state index is 10.8. The number of β-amino-alcohol motifs (C(OH)–C–C–N with tert-alkyl or cyclic N) is 1. The first kappa shape index (κ1) is 16.9. The molecule has 0 bridgehead atoms. The first-order chi connectivity index (χ1) is 10.5. The largest absolute Gasteiger partial charge is 0.387 e. The van der Waals surface area contributed by atoms with Gasteiger partial charge in [0, 0.05) is 31.3 Å². The molecule has 0 spiro atoms. The van der Waals surface area contributed by atoms with Crippen molar-refractivity contribution < 1.29 is 14.8 Å². The van der Waals surface area contributed by atoms with Crippen LogP contribution in [0.4, 0.5) is 5.69 Å². The Hall–Kier alpha value is -1.50. The van der Waals surface area contributed by atoms with E-state index in [-0.39, 0.29) is 5.69 Å². The van der Waals surface area contributed by atoms with Crippen LogP contribution in [0.15, 0.2) is 24.3 Å². The van der Waals surface area contributed by atoms with Crippen LogP contribution in [-0.4, -0.2) is 47.3 Å². The molecule has 0 radical (unpaired) electrons. The zero-order valence-corrected chi connectivity index (χ0v) is 13.1. The fraction of sp³-hybridized carbons (Fsp3) is 0.625. The molecule has 0 amide bonds. The van der Waals surface area contributed by atoms with Gasteiger partial charge in [0.2, 0.25) is 0 Å².